The number of aromatic nitrogens is 2. The van der Waals surface area contributed by atoms with Crippen LogP contribution in [0.4, 0.5) is 5.69 Å². The summed E-state index contributed by atoms with van der Waals surface area (Å²) < 4.78 is 12.1. The van der Waals surface area contributed by atoms with Crippen LogP contribution in [0.1, 0.15) is 23.3 Å². The van der Waals surface area contributed by atoms with Gasteiger partial charge in [-0.05, 0) is 67.4 Å². The molecule has 30 heavy (non-hydrogen) atoms. The molecule has 2 heterocycles. The SMILES string of the molecule is COc1ccc(N2CCC(NC(=O)c3ccn(-c4ccc(OC)cc4)n3)CC2)cc1. The second-order valence-corrected chi connectivity index (χ2v) is 7.28. The summed E-state index contributed by atoms with van der Waals surface area (Å²) in [6, 6.07) is 17.5. The predicted octanol–water partition coefficient (Wildman–Crippen LogP) is 3.29. The van der Waals surface area contributed by atoms with Crippen LogP contribution in [0.3, 0.4) is 0 Å². The van der Waals surface area contributed by atoms with Crippen molar-refractivity contribution in [2.24, 2.45) is 0 Å². The van der Waals surface area contributed by atoms with Gasteiger partial charge in [0, 0.05) is 31.0 Å². The van der Waals surface area contributed by atoms with Gasteiger partial charge < -0.3 is 19.7 Å². The number of methoxy groups -OCH3 is 2. The van der Waals surface area contributed by atoms with Crippen molar-refractivity contribution in [1.29, 1.82) is 0 Å². The minimum absolute atomic E-state index is 0.134. The lowest BCUT2D eigenvalue weighted by molar-refractivity contribution is 0.0925. The Labute approximate surface area is 176 Å². The molecule has 1 aliphatic heterocycles. The Kier molecular flexibility index (Phi) is 5.88. The molecule has 0 unspecified atom stereocenters. The van der Waals surface area contributed by atoms with E-state index in [2.05, 4.69) is 27.4 Å². The maximum atomic E-state index is 12.6. The van der Waals surface area contributed by atoms with Gasteiger partial charge in [0.1, 0.15) is 11.5 Å². The zero-order valence-corrected chi connectivity index (χ0v) is 17.2. The van der Waals surface area contributed by atoms with Crippen molar-refractivity contribution >= 4 is 11.6 Å². The lowest BCUT2D eigenvalue weighted by atomic mass is 10.0. The Morgan fingerprint density at radius 1 is 0.900 bits per heavy atom. The molecule has 1 saturated heterocycles. The molecule has 7 heteroatoms. The van der Waals surface area contributed by atoms with Gasteiger partial charge in [-0.3, -0.25) is 4.79 Å². The molecular weight excluding hydrogens is 380 g/mol. The summed E-state index contributed by atoms with van der Waals surface area (Å²) in [6.45, 7) is 1.80. The van der Waals surface area contributed by atoms with E-state index in [0.717, 1.165) is 43.1 Å². The third-order valence-electron chi connectivity index (χ3n) is 5.43. The van der Waals surface area contributed by atoms with Crippen molar-refractivity contribution in [2.75, 3.05) is 32.2 Å². The van der Waals surface area contributed by atoms with Crippen LogP contribution in [-0.4, -0.2) is 49.0 Å². The summed E-state index contributed by atoms with van der Waals surface area (Å²) in [5.74, 6) is 1.50. The van der Waals surface area contributed by atoms with Crippen molar-refractivity contribution in [3.05, 3.63) is 66.5 Å². The fraction of sp³-hybridized carbons (Fsp3) is 0.304. The van der Waals surface area contributed by atoms with Crippen LogP contribution in [0.5, 0.6) is 11.5 Å². The fourth-order valence-electron chi connectivity index (χ4n) is 3.66. The maximum absolute atomic E-state index is 12.6. The Hall–Kier alpha value is -3.48. The topological polar surface area (TPSA) is 68.6 Å². The number of ether oxygens (including phenoxy) is 2. The van der Waals surface area contributed by atoms with E-state index in [1.807, 2.05) is 36.4 Å². The molecule has 156 valence electrons. The molecule has 1 aromatic heterocycles. The first-order valence-corrected chi connectivity index (χ1v) is 10.1. The molecule has 1 N–H and O–H groups in total. The summed E-state index contributed by atoms with van der Waals surface area (Å²) in [4.78, 5) is 15.0. The Morgan fingerprint density at radius 2 is 1.47 bits per heavy atom. The normalized spacial score (nSPS) is 14.4. The molecule has 1 fully saturated rings. The zero-order valence-electron chi connectivity index (χ0n) is 17.2. The van der Waals surface area contributed by atoms with Crippen LogP contribution in [0, 0.1) is 0 Å². The molecule has 1 amide bonds. The van der Waals surface area contributed by atoms with E-state index in [-0.39, 0.29) is 11.9 Å². The standard InChI is InChI=1S/C23H26N4O3/c1-29-20-7-3-18(4-8-20)26-14-11-17(12-15-26)24-23(28)22-13-16-27(25-22)19-5-9-21(30-2)10-6-19/h3-10,13,16-17H,11-12,14-15H2,1-2H3,(H,24,28). The molecule has 0 bridgehead atoms. The van der Waals surface area contributed by atoms with Gasteiger partial charge in [0.2, 0.25) is 0 Å². The van der Waals surface area contributed by atoms with Gasteiger partial charge in [0.15, 0.2) is 5.69 Å². The summed E-state index contributed by atoms with van der Waals surface area (Å²) in [5.41, 5.74) is 2.48. The summed E-state index contributed by atoms with van der Waals surface area (Å²) >= 11 is 0. The highest BCUT2D eigenvalue weighted by Gasteiger charge is 2.22. The molecule has 0 saturated carbocycles. The van der Waals surface area contributed by atoms with E-state index in [4.69, 9.17) is 9.47 Å². The van der Waals surface area contributed by atoms with Gasteiger partial charge in [0.25, 0.3) is 5.91 Å². The summed E-state index contributed by atoms with van der Waals surface area (Å²) in [7, 11) is 3.30. The van der Waals surface area contributed by atoms with Crippen molar-refractivity contribution in [2.45, 2.75) is 18.9 Å². The van der Waals surface area contributed by atoms with Gasteiger partial charge in [-0.15, -0.1) is 0 Å². The number of carbonyl (C=O) groups excluding carboxylic acids is 1. The van der Waals surface area contributed by atoms with Gasteiger partial charge in [-0.25, -0.2) is 4.68 Å². The molecule has 0 atom stereocenters. The minimum Gasteiger partial charge on any atom is -0.497 e. The summed E-state index contributed by atoms with van der Waals surface area (Å²) in [6.07, 6.45) is 3.59. The zero-order chi connectivity index (χ0) is 20.9. The highest BCUT2D eigenvalue weighted by molar-refractivity contribution is 5.92. The molecular formula is C23H26N4O3. The number of hydrogen-bond donors (Lipinski definition) is 1. The first kappa shape index (κ1) is 19.8. The highest BCUT2D eigenvalue weighted by Crippen LogP contribution is 2.23. The highest BCUT2D eigenvalue weighted by atomic mass is 16.5. The van der Waals surface area contributed by atoms with E-state index in [9.17, 15) is 4.79 Å². The van der Waals surface area contributed by atoms with Crippen LogP contribution in [0.25, 0.3) is 5.69 Å². The van der Waals surface area contributed by atoms with E-state index in [0.29, 0.717) is 5.69 Å². The number of rotatable bonds is 6. The first-order chi connectivity index (χ1) is 14.7. The van der Waals surface area contributed by atoms with Crippen LogP contribution < -0.4 is 19.7 Å². The lowest BCUT2D eigenvalue weighted by Gasteiger charge is -2.33. The third kappa shape index (κ3) is 4.40. The van der Waals surface area contributed by atoms with Crippen molar-refractivity contribution < 1.29 is 14.3 Å². The second kappa shape index (κ2) is 8.90. The molecule has 4 rings (SSSR count). The van der Waals surface area contributed by atoms with E-state index in [1.165, 1.54) is 5.69 Å². The van der Waals surface area contributed by atoms with E-state index in [1.54, 1.807) is 31.2 Å². The number of piperidine rings is 1. The van der Waals surface area contributed by atoms with Crippen molar-refractivity contribution in [1.82, 2.24) is 15.1 Å². The summed E-state index contributed by atoms with van der Waals surface area (Å²) in [5, 5.41) is 7.55. The Balaban J connectivity index is 1.32. The quantitative estimate of drug-likeness (QED) is 0.680. The average molecular weight is 406 g/mol. The fourth-order valence-corrected chi connectivity index (χ4v) is 3.66. The maximum Gasteiger partial charge on any atom is 0.272 e. The number of benzene rings is 2. The molecule has 0 spiro atoms. The number of amides is 1. The average Bonchev–Trinajstić information content (AvgIpc) is 3.30. The van der Waals surface area contributed by atoms with Crippen LogP contribution >= 0.6 is 0 Å². The Morgan fingerprint density at radius 3 is 2.03 bits per heavy atom. The Bertz CT molecular complexity index is 974. The van der Waals surface area contributed by atoms with Crippen LogP contribution in [0.15, 0.2) is 60.8 Å². The van der Waals surface area contributed by atoms with Crippen molar-refractivity contribution in [3.8, 4) is 17.2 Å². The predicted molar refractivity (Wildman–Crippen MR) is 116 cm³/mol. The van der Waals surface area contributed by atoms with Gasteiger partial charge in [-0.2, -0.15) is 5.10 Å². The number of hydrogen-bond acceptors (Lipinski definition) is 5. The van der Waals surface area contributed by atoms with Crippen LogP contribution in [-0.2, 0) is 0 Å². The second-order valence-electron chi connectivity index (χ2n) is 7.28. The number of nitrogens with one attached hydrogen (secondary N) is 1. The number of anilines is 1. The molecule has 1 aliphatic rings. The number of nitrogens with zero attached hydrogens (tertiary/aromatic N) is 3. The van der Waals surface area contributed by atoms with E-state index < -0.39 is 0 Å². The van der Waals surface area contributed by atoms with Crippen molar-refractivity contribution in [3.63, 3.8) is 0 Å². The largest absolute Gasteiger partial charge is 0.497 e. The van der Waals surface area contributed by atoms with Gasteiger partial charge in [0.05, 0.1) is 19.9 Å². The minimum atomic E-state index is -0.134. The monoisotopic (exact) mass is 406 g/mol. The molecule has 2 aromatic carbocycles. The molecule has 7 nitrogen and oxygen atoms in total. The van der Waals surface area contributed by atoms with Gasteiger partial charge >= 0.3 is 0 Å². The molecule has 3 aromatic rings. The third-order valence-corrected chi connectivity index (χ3v) is 5.43. The first-order valence-electron chi connectivity index (χ1n) is 10.1. The molecule has 0 radical (unpaired) electrons. The smallest absolute Gasteiger partial charge is 0.272 e. The molecule has 0 aliphatic carbocycles. The number of carbonyl (C=O) groups is 1. The van der Waals surface area contributed by atoms with Crippen LogP contribution in [0.2, 0.25) is 0 Å². The van der Waals surface area contributed by atoms with Gasteiger partial charge in [-0.1, -0.05) is 0 Å². The lowest BCUT2D eigenvalue weighted by Crippen LogP contribution is -2.44. The van der Waals surface area contributed by atoms with E-state index >= 15 is 0 Å².